The molecule has 3 fully saturated rings. The van der Waals surface area contributed by atoms with Crippen molar-refractivity contribution in [2.24, 2.45) is 11.8 Å². The molecule has 2 heterocycles. The third-order valence-electron chi connectivity index (χ3n) is 9.47. The quantitative estimate of drug-likeness (QED) is 0.460. The van der Waals surface area contributed by atoms with Gasteiger partial charge in [-0.25, -0.2) is 13.2 Å². The van der Waals surface area contributed by atoms with Crippen molar-refractivity contribution in [2.75, 3.05) is 32.7 Å². The van der Waals surface area contributed by atoms with Gasteiger partial charge in [0.05, 0.1) is 5.92 Å². The van der Waals surface area contributed by atoms with E-state index in [1.54, 1.807) is 6.07 Å². The van der Waals surface area contributed by atoms with Crippen LogP contribution < -0.4 is 5.32 Å². The predicted molar refractivity (Wildman–Crippen MR) is 153 cm³/mol. The Morgan fingerprint density at radius 2 is 1.56 bits per heavy atom. The maximum atomic E-state index is 14.9. The molecule has 2 atom stereocenters. The minimum atomic E-state index is -0.622. The van der Waals surface area contributed by atoms with E-state index in [2.05, 4.69) is 31.0 Å². The maximum absolute atomic E-state index is 14.9. The highest BCUT2D eigenvalue weighted by atomic mass is 19.1. The molecule has 1 N–H and O–H groups in total. The molecule has 2 aromatic carbocycles. The molecule has 5 nitrogen and oxygen atoms in total. The van der Waals surface area contributed by atoms with Gasteiger partial charge in [-0.1, -0.05) is 18.6 Å². The molecule has 1 aliphatic carbocycles. The Morgan fingerprint density at radius 1 is 0.902 bits per heavy atom. The van der Waals surface area contributed by atoms with Crippen molar-refractivity contribution in [3.05, 3.63) is 70.5 Å². The summed E-state index contributed by atoms with van der Waals surface area (Å²) in [5.74, 6) is -1.84. The van der Waals surface area contributed by atoms with E-state index in [9.17, 15) is 22.8 Å². The standard InChI is InChI=1S/C33H42F3N3O2/c1-33(2,3)39-19-28(27-10-8-25(35)18-30(27)36)29(20-39)32(41)38-15-12-21(13-16-38)26-9-7-24(34)17-23(26)11-14-37-31(40)22-5-4-6-22/h7-10,17-18,21-22,28-29H,4-6,11-16,19-20H2,1-3H3,(H,37,40). The second-order valence-electron chi connectivity index (χ2n) is 13.1. The summed E-state index contributed by atoms with van der Waals surface area (Å²) < 4.78 is 42.7. The Bertz CT molecular complexity index is 1260. The van der Waals surface area contributed by atoms with Gasteiger partial charge in [-0.05, 0) is 93.7 Å². The van der Waals surface area contributed by atoms with Crippen molar-refractivity contribution >= 4 is 11.8 Å². The topological polar surface area (TPSA) is 52.7 Å². The van der Waals surface area contributed by atoms with Crippen LogP contribution in [-0.4, -0.2) is 59.9 Å². The van der Waals surface area contributed by atoms with Gasteiger partial charge in [0, 0.05) is 56.2 Å². The van der Waals surface area contributed by atoms with Crippen LogP contribution in [0.2, 0.25) is 0 Å². The van der Waals surface area contributed by atoms with Crippen molar-refractivity contribution in [1.82, 2.24) is 15.1 Å². The fourth-order valence-electron chi connectivity index (χ4n) is 6.69. The highest BCUT2D eigenvalue weighted by Crippen LogP contribution is 2.40. The average molecular weight is 570 g/mol. The molecular formula is C33H42F3N3O2. The van der Waals surface area contributed by atoms with Gasteiger partial charge >= 0.3 is 0 Å². The Labute approximate surface area is 241 Å². The van der Waals surface area contributed by atoms with Crippen LogP contribution in [0.5, 0.6) is 0 Å². The number of halogens is 3. The average Bonchev–Trinajstić information content (AvgIpc) is 3.33. The van der Waals surface area contributed by atoms with E-state index < -0.39 is 17.6 Å². The Morgan fingerprint density at radius 3 is 2.17 bits per heavy atom. The monoisotopic (exact) mass is 569 g/mol. The number of benzene rings is 2. The number of nitrogens with one attached hydrogen (secondary N) is 1. The van der Waals surface area contributed by atoms with E-state index in [1.165, 1.54) is 18.2 Å². The number of rotatable bonds is 7. The normalized spacial score (nSPS) is 22.5. The summed E-state index contributed by atoms with van der Waals surface area (Å²) in [5, 5.41) is 3.01. The first-order valence-corrected chi connectivity index (χ1v) is 15.1. The third-order valence-corrected chi connectivity index (χ3v) is 9.47. The zero-order chi connectivity index (χ0) is 29.3. The molecule has 0 spiro atoms. The van der Waals surface area contributed by atoms with Gasteiger partial charge in [-0.3, -0.25) is 14.5 Å². The van der Waals surface area contributed by atoms with Crippen LogP contribution in [0.3, 0.4) is 0 Å². The minimum Gasteiger partial charge on any atom is -0.356 e. The lowest BCUT2D eigenvalue weighted by Gasteiger charge is -2.36. The summed E-state index contributed by atoms with van der Waals surface area (Å²) in [4.78, 5) is 30.2. The van der Waals surface area contributed by atoms with Crippen LogP contribution in [0.4, 0.5) is 13.2 Å². The van der Waals surface area contributed by atoms with Gasteiger partial charge in [0.15, 0.2) is 0 Å². The lowest BCUT2D eigenvalue weighted by atomic mass is 9.83. The molecule has 222 valence electrons. The van der Waals surface area contributed by atoms with Gasteiger partial charge < -0.3 is 10.2 Å². The summed E-state index contributed by atoms with van der Waals surface area (Å²) in [5.41, 5.74) is 2.20. The minimum absolute atomic E-state index is 0.0157. The summed E-state index contributed by atoms with van der Waals surface area (Å²) >= 11 is 0. The fraction of sp³-hybridized carbons (Fsp3) is 0.576. The van der Waals surface area contributed by atoms with Crippen molar-refractivity contribution < 1.29 is 22.8 Å². The molecule has 3 aliphatic rings. The first-order valence-electron chi connectivity index (χ1n) is 15.1. The SMILES string of the molecule is CC(C)(C)N1CC(C(=O)N2CCC(c3ccc(F)cc3CCNC(=O)C3CCC3)CC2)C(c2ccc(F)cc2F)C1. The molecule has 5 rings (SSSR count). The Balaban J connectivity index is 1.25. The molecule has 41 heavy (non-hydrogen) atoms. The van der Waals surface area contributed by atoms with Crippen LogP contribution in [0, 0.1) is 29.3 Å². The molecule has 2 aliphatic heterocycles. The second-order valence-corrected chi connectivity index (χ2v) is 13.1. The number of likely N-dealkylation sites (tertiary alicyclic amines) is 2. The number of carbonyl (C=O) groups is 2. The first-order chi connectivity index (χ1) is 19.5. The van der Waals surface area contributed by atoms with Crippen molar-refractivity contribution in [1.29, 1.82) is 0 Å². The Hall–Kier alpha value is -2.87. The fourth-order valence-corrected chi connectivity index (χ4v) is 6.69. The second kappa shape index (κ2) is 12.2. The number of amides is 2. The number of hydrogen-bond acceptors (Lipinski definition) is 3. The first kappa shape index (κ1) is 29.6. The summed E-state index contributed by atoms with van der Waals surface area (Å²) in [6.45, 7) is 8.95. The van der Waals surface area contributed by atoms with Crippen molar-refractivity contribution in [2.45, 2.75) is 76.7 Å². The maximum Gasteiger partial charge on any atom is 0.227 e. The molecule has 2 amide bonds. The molecule has 2 saturated heterocycles. The molecule has 0 radical (unpaired) electrons. The molecule has 0 bridgehead atoms. The van der Waals surface area contributed by atoms with E-state index in [0.29, 0.717) is 44.7 Å². The van der Waals surface area contributed by atoms with Crippen LogP contribution in [0.25, 0.3) is 0 Å². The number of piperidine rings is 1. The van der Waals surface area contributed by atoms with Gasteiger partial charge in [0.2, 0.25) is 11.8 Å². The zero-order valence-electron chi connectivity index (χ0n) is 24.4. The Kier molecular flexibility index (Phi) is 8.78. The molecule has 8 heteroatoms. The largest absolute Gasteiger partial charge is 0.356 e. The summed E-state index contributed by atoms with van der Waals surface area (Å²) in [6.07, 6.45) is 5.08. The van der Waals surface area contributed by atoms with E-state index in [-0.39, 0.29) is 40.9 Å². The highest BCUT2D eigenvalue weighted by molar-refractivity contribution is 5.81. The van der Waals surface area contributed by atoms with Crippen molar-refractivity contribution in [3.8, 4) is 0 Å². The molecule has 2 aromatic rings. The molecule has 2 unspecified atom stereocenters. The van der Waals surface area contributed by atoms with E-state index >= 15 is 0 Å². The van der Waals surface area contributed by atoms with Gasteiger partial charge in [0.25, 0.3) is 0 Å². The van der Waals surface area contributed by atoms with E-state index in [1.807, 2.05) is 11.0 Å². The lowest BCUT2D eigenvalue weighted by Crippen LogP contribution is -2.44. The van der Waals surface area contributed by atoms with Crippen molar-refractivity contribution in [3.63, 3.8) is 0 Å². The van der Waals surface area contributed by atoms with Gasteiger partial charge in [-0.15, -0.1) is 0 Å². The molecular weight excluding hydrogens is 527 g/mol. The molecule has 0 aromatic heterocycles. The third kappa shape index (κ3) is 6.63. The van der Waals surface area contributed by atoms with Crippen LogP contribution in [-0.2, 0) is 16.0 Å². The number of hydrogen-bond donors (Lipinski definition) is 1. The smallest absolute Gasteiger partial charge is 0.227 e. The summed E-state index contributed by atoms with van der Waals surface area (Å²) in [7, 11) is 0. The number of nitrogens with zero attached hydrogens (tertiary/aromatic N) is 2. The molecule has 1 saturated carbocycles. The van der Waals surface area contributed by atoms with Crippen LogP contribution in [0.15, 0.2) is 36.4 Å². The van der Waals surface area contributed by atoms with Gasteiger partial charge in [0.1, 0.15) is 17.5 Å². The van der Waals surface area contributed by atoms with E-state index in [0.717, 1.165) is 49.3 Å². The zero-order valence-corrected chi connectivity index (χ0v) is 24.4. The highest BCUT2D eigenvalue weighted by Gasteiger charge is 2.44. The van der Waals surface area contributed by atoms with Crippen LogP contribution in [0.1, 0.15) is 81.4 Å². The van der Waals surface area contributed by atoms with Gasteiger partial charge in [-0.2, -0.15) is 0 Å². The summed E-state index contributed by atoms with van der Waals surface area (Å²) in [6, 6.07) is 8.57. The van der Waals surface area contributed by atoms with Crippen LogP contribution >= 0.6 is 0 Å². The predicted octanol–water partition coefficient (Wildman–Crippen LogP) is 5.78. The van der Waals surface area contributed by atoms with E-state index in [4.69, 9.17) is 0 Å². The number of carbonyl (C=O) groups excluding carboxylic acids is 2. The lowest BCUT2D eigenvalue weighted by molar-refractivity contribution is -0.136.